The predicted octanol–water partition coefficient (Wildman–Crippen LogP) is 5.49. The number of carbonyl (C=O) groups is 1. The molecular weight excluding hydrogens is 329 g/mol. The maximum Gasteiger partial charge on any atom is 0.416 e. The van der Waals surface area contributed by atoms with Crippen LogP contribution in [0.4, 0.5) is 13.2 Å². The number of ether oxygens (including phenoxy) is 1. The van der Waals surface area contributed by atoms with Crippen molar-refractivity contribution in [2.24, 2.45) is 0 Å². The van der Waals surface area contributed by atoms with E-state index in [-0.39, 0.29) is 16.3 Å². The van der Waals surface area contributed by atoms with Gasteiger partial charge in [-0.15, -0.1) is 0 Å². The molecule has 2 aromatic carbocycles. The van der Waals surface area contributed by atoms with Gasteiger partial charge in [-0.25, -0.2) is 4.79 Å². The molecule has 2 nitrogen and oxygen atoms in total. The third-order valence-electron chi connectivity index (χ3n) is 3.18. The minimum atomic E-state index is -4.50. The van der Waals surface area contributed by atoms with Gasteiger partial charge >= 0.3 is 12.1 Å². The number of halogens is 4. The SMILES string of the molecule is C=C(OC(=O)c1ccccc1C)c1ccc(C(F)(F)F)cc1Cl. The quantitative estimate of drug-likeness (QED) is 0.545. The van der Waals surface area contributed by atoms with Crippen molar-refractivity contribution in [1.82, 2.24) is 0 Å². The molecule has 0 saturated carbocycles. The largest absolute Gasteiger partial charge is 0.423 e. The number of carbonyl (C=O) groups excluding carboxylic acids is 1. The first kappa shape index (κ1) is 17.1. The summed E-state index contributed by atoms with van der Waals surface area (Å²) in [6.07, 6.45) is -4.50. The van der Waals surface area contributed by atoms with Crippen molar-refractivity contribution in [1.29, 1.82) is 0 Å². The van der Waals surface area contributed by atoms with Crippen LogP contribution < -0.4 is 0 Å². The Morgan fingerprint density at radius 1 is 1.13 bits per heavy atom. The van der Waals surface area contributed by atoms with E-state index in [4.69, 9.17) is 16.3 Å². The maximum atomic E-state index is 12.6. The zero-order chi connectivity index (χ0) is 17.2. The molecule has 0 spiro atoms. The van der Waals surface area contributed by atoms with E-state index in [0.717, 1.165) is 18.2 Å². The fourth-order valence-electron chi connectivity index (χ4n) is 1.94. The lowest BCUT2D eigenvalue weighted by Gasteiger charge is -2.12. The van der Waals surface area contributed by atoms with E-state index in [1.807, 2.05) is 0 Å². The molecule has 0 heterocycles. The Kier molecular flexibility index (Phi) is 4.80. The van der Waals surface area contributed by atoms with E-state index in [1.54, 1.807) is 31.2 Å². The van der Waals surface area contributed by atoms with E-state index in [9.17, 15) is 18.0 Å². The normalized spacial score (nSPS) is 11.2. The summed E-state index contributed by atoms with van der Waals surface area (Å²) in [5.74, 6) is -0.763. The molecule has 23 heavy (non-hydrogen) atoms. The highest BCUT2D eigenvalue weighted by atomic mass is 35.5. The highest BCUT2D eigenvalue weighted by molar-refractivity contribution is 6.32. The van der Waals surface area contributed by atoms with Crippen molar-refractivity contribution in [3.8, 4) is 0 Å². The van der Waals surface area contributed by atoms with Gasteiger partial charge in [0.1, 0.15) is 5.76 Å². The molecule has 2 aromatic rings. The van der Waals surface area contributed by atoms with Crippen LogP contribution in [0, 0.1) is 6.92 Å². The molecule has 0 amide bonds. The highest BCUT2D eigenvalue weighted by Gasteiger charge is 2.31. The number of benzene rings is 2. The van der Waals surface area contributed by atoms with Crippen molar-refractivity contribution >= 4 is 23.3 Å². The first-order valence-electron chi connectivity index (χ1n) is 6.54. The van der Waals surface area contributed by atoms with Crippen LogP contribution in [0.5, 0.6) is 0 Å². The summed E-state index contributed by atoms with van der Waals surface area (Å²) in [4.78, 5) is 12.1. The molecule has 6 heteroatoms. The second-order valence-corrected chi connectivity index (χ2v) is 5.23. The predicted molar refractivity (Wildman–Crippen MR) is 82.1 cm³/mol. The Balaban J connectivity index is 2.22. The van der Waals surface area contributed by atoms with Gasteiger partial charge in [0.2, 0.25) is 0 Å². The first-order valence-corrected chi connectivity index (χ1v) is 6.92. The first-order chi connectivity index (χ1) is 10.7. The van der Waals surface area contributed by atoms with Gasteiger partial charge in [-0.1, -0.05) is 36.4 Å². The van der Waals surface area contributed by atoms with Gasteiger partial charge in [-0.05, 0) is 36.8 Å². The van der Waals surface area contributed by atoms with Crippen molar-refractivity contribution in [2.45, 2.75) is 13.1 Å². The monoisotopic (exact) mass is 340 g/mol. The smallest absolute Gasteiger partial charge is 0.416 e. The number of hydrogen-bond donors (Lipinski definition) is 0. The van der Waals surface area contributed by atoms with Crippen LogP contribution in [0.3, 0.4) is 0 Å². The molecule has 0 N–H and O–H groups in total. The van der Waals surface area contributed by atoms with Crippen molar-refractivity contribution in [3.05, 3.63) is 76.3 Å². The van der Waals surface area contributed by atoms with E-state index < -0.39 is 17.7 Å². The zero-order valence-corrected chi connectivity index (χ0v) is 12.8. The molecule has 0 aromatic heterocycles. The number of hydrogen-bond acceptors (Lipinski definition) is 2. The Morgan fingerprint density at radius 3 is 2.35 bits per heavy atom. The second kappa shape index (κ2) is 6.46. The molecule has 0 aliphatic carbocycles. The molecule has 0 saturated heterocycles. The molecule has 0 bridgehead atoms. The van der Waals surface area contributed by atoms with Crippen LogP contribution >= 0.6 is 11.6 Å². The molecule has 0 unspecified atom stereocenters. The zero-order valence-electron chi connectivity index (χ0n) is 12.1. The summed E-state index contributed by atoms with van der Waals surface area (Å²) in [6.45, 7) is 5.30. The van der Waals surface area contributed by atoms with Gasteiger partial charge in [0.15, 0.2) is 0 Å². The lowest BCUT2D eigenvalue weighted by molar-refractivity contribution is -0.137. The summed E-state index contributed by atoms with van der Waals surface area (Å²) in [5.41, 5.74) is 0.298. The summed E-state index contributed by atoms with van der Waals surface area (Å²) in [6, 6.07) is 9.52. The van der Waals surface area contributed by atoms with Gasteiger partial charge in [0.05, 0.1) is 16.1 Å². The van der Waals surface area contributed by atoms with Crippen LogP contribution in [-0.2, 0) is 10.9 Å². The fraction of sp³-hybridized carbons (Fsp3) is 0.118. The Morgan fingerprint density at radius 2 is 1.78 bits per heavy atom. The minimum absolute atomic E-state index is 0.114. The lowest BCUT2D eigenvalue weighted by Crippen LogP contribution is -2.08. The lowest BCUT2D eigenvalue weighted by atomic mass is 10.1. The van der Waals surface area contributed by atoms with Gasteiger partial charge in [0, 0.05) is 5.56 Å². The fourth-order valence-corrected chi connectivity index (χ4v) is 2.23. The van der Waals surface area contributed by atoms with E-state index in [0.29, 0.717) is 11.1 Å². The van der Waals surface area contributed by atoms with Crippen LogP contribution in [-0.4, -0.2) is 5.97 Å². The van der Waals surface area contributed by atoms with Crippen molar-refractivity contribution in [2.75, 3.05) is 0 Å². The minimum Gasteiger partial charge on any atom is -0.423 e. The number of aryl methyl sites for hydroxylation is 1. The summed E-state index contributed by atoms with van der Waals surface area (Å²) >= 11 is 5.84. The molecule has 120 valence electrons. The number of alkyl halides is 3. The van der Waals surface area contributed by atoms with Gasteiger partial charge in [-0.2, -0.15) is 13.2 Å². The Hall–Kier alpha value is -2.27. The molecular formula is C17H12ClF3O2. The van der Waals surface area contributed by atoms with Crippen LogP contribution in [0.25, 0.3) is 5.76 Å². The van der Waals surface area contributed by atoms with Gasteiger partial charge < -0.3 is 4.74 Å². The van der Waals surface area contributed by atoms with Gasteiger partial charge in [-0.3, -0.25) is 0 Å². The standard InChI is InChI=1S/C17H12ClF3O2/c1-10-5-3-4-6-13(10)16(22)23-11(2)14-8-7-12(9-15(14)18)17(19,20)21/h3-9H,2H2,1H3. The number of esters is 1. The van der Waals surface area contributed by atoms with Crippen molar-refractivity contribution < 1.29 is 22.7 Å². The molecule has 0 radical (unpaired) electrons. The average molecular weight is 341 g/mol. The highest BCUT2D eigenvalue weighted by Crippen LogP contribution is 2.34. The molecule has 0 atom stereocenters. The van der Waals surface area contributed by atoms with Crippen LogP contribution in [0.1, 0.15) is 27.0 Å². The number of rotatable bonds is 3. The summed E-state index contributed by atoms with van der Waals surface area (Å²) in [7, 11) is 0. The molecule has 0 fully saturated rings. The third-order valence-corrected chi connectivity index (χ3v) is 3.49. The van der Waals surface area contributed by atoms with E-state index in [1.165, 1.54) is 0 Å². The topological polar surface area (TPSA) is 26.3 Å². The molecule has 0 aliphatic rings. The summed E-state index contributed by atoms with van der Waals surface area (Å²) in [5, 5.41) is -0.192. The molecule has 0 aliphatic heterocycles. The summed E-state index contributed by atoms with van der Waals surface area (Å²) < 4.78 is 42.9. The van der Waals surface area contributed by atoms with Crippen molar-refractivity contribution in [3.63, 3.8) is 0 Å². The maximum absolute atomic E-state index is 12.6. The third kappa shape index (κ3) is 3.93. The Labute approximate surface area is 136 Å². The average Bonchev–Trinajstić information content (AvgIpc) is 2.46. The van der Waals surface area contributed by atoms with E-state index in [2.05, 4.69) is 6.58 Å². The van der Waals surface area contributed by atoms with Gasteiger partial charge in [0.25, 0.3) is 0 Å². The van der Waals surface area contributed by atoms with Crippen LogP contribution in [0.2, 0.25) is 5.02 Å². The molecule has 2 rings (SSSR count). The van der Waals surface area contributed by atoms with E-state index >= 15 is 0 Å². The Bertz CT molecular complexity index is 767. The van der Waals surface area contributed by atoms with Crippen LogP contribution in [0.15, 0.2) is 49.0 Å². The second-order valence-electron chi connectivity index (χ2n) is 4.82.